The molecule has 2 saturated heterocycles. The number of aliphatic hydroxyl groups is 2. The average molecular weight is 338 g/mol. The second-order valence-corrected chi connectivity index (χ2v) is 6.95. The summed E-state index contributed by atoms with van der Waals surface area (Å²) in [6.45, 7) is 10.6. The van der Waals surface area contributed by atoms with Crippen LogP contribution in [0.3, 0.4) is 0 Å². The summed E-state index contributed by atoms with van der Waals surface area (Å²) < 4.78 is 7.49. The van der Waals surface area contributed by atoms with E-state index in [9.17, 15) is 10.2 Å². The van der Waals surface area contributed by atoms with Crippen molar-refractivity contribution in [3.63, 3.8) is 0 Å². The second-order valence-electron chi connectivity index (χ2n) is 6.95. The zero-order valence-electron chi connectivity index (χ0n) is 14.8. The summed E-state index contributed by atoms with van der Waals surface area (Å²) in [7, 11) is 0. The zero-order valence-corrected chi connectivity index (χ0v) is 14.8. The van der Waals surface area contributed by atoms with Crippen molar-refractivity contribution >= 4 is 0 Å². The average Bonchev–Trinajstić information content (AvgIpc) is 2.92. The van der Waals surface area contributed by atoms with Crippen LogP contribution >= 0.6 is 0 Å². The molecule has 7 nitrogen and oxygen atoms in total. The molecular weight excluding hydrogens is 308 g/mol. The molecule has 2 aliphatic rings. The van der Waals surface area contributed by atoms with Gasteiger partial charge < -0.3 is 14.9 Å². The first kappa shape index (κ1) is 17.8. The van der Waals surface area contributed by atoms with Crippen LogP contribution in [0.5, 0.6) is 0 Å². The lowest BCUT2D eigenvalue weighted by molar-refractivity contribution is -0.137. The monoisotopic (exact) mass is 338 g/mol. The number of aryl methyl sites for hydroxylation is 1. The Hall–Kier alpha value is -0.990. The number of ether oxygens (including phenoxy) is 1. The quantitative estimate of drug-likeness (QED) is 0.777. The van der Waals surface area contributed by atoms with E-state index >= 15 is 0 Å². The molecule has 0 unspecified atom stereocenters. The highest BCUT2D eigenvalue weighted by Gasteiger charge is 2.36. The van der Waals surface area contributed by atoms with Crippen molar-refractivity contribution in [2.45, 2.75) is 51.6 Å². The molecule has 0 radical (unpaired) electrons. The third-order valence-corrected chi connectivity index (χ3v) is 5.28. The highest BCUT2D eigenvalue weighted by molar-refractivity contribution is 5.16. The Bertz CT molecular complexity index is 528. The van der Waals surface area contributed by atoms with Gasteiger partial charge >= 0.3 is 0 Å². The first-order chi connectivity index (χ1) is 11.6. The molecule has 0 bridgehead atoms. The maximum atomic E-state index is 10.2. The highest BCUT2D eigenvalue weighted by Crippen LogP contribution is 2.18. The number of aromatic nitrogens is 2. The summed E-state index contributed by atoms with van der Waals surface area (Å²) in [5.74, 6) is 0. The van der Waals surface area contributed by atoms with Gasteiger partial charge in [-0.15, -0.1) is 0 Å². The van der Waals surface area contributed by atoms with Gasteiger partial charge in [0.2, 0.25) is 0 Å². The van der Waals surface area contributed by atoms with Crippen molar-refractivity contribution in [3.05, 3.63) is 17.5 Å². The van der Waals surface area contributed by atoms with Gasteiger partial charge in [-0.05, 0) is 13.3 Å². The third-order valence-electron chi connectivity index (χ3n) is 5.28. The lowest BCUT2D eigenvalue weighted by Gasteiger charge is -2.43. The fourth-order valence-corrected chi connectivity index (χ4v) is 3.66. The molecule has 0 amide bonds. The van der Waals surface area contributed by atoms with Gasteiger partial charge in [0.1, 0.15) is 6.10 Å². The van der Waals surface area contributed by atoms with Gasteiger partial charge in [0.05, 0.1) is 31.6 Å². The molecule has 2 aliphatic heterocycles. The number of aliphatic hydroxyl groups excluding tert-OH is 2. The summed E-state index contributed by atoms with van der Waals surface area (Å²) in [6, 6.07) is -0.0926. The Morgan fingerprint density at radius 3 is 2.67 bits per heavy atom. The number of hydrogen-bond donors (Lipinski definition) is 2. The van der Waals surface area contributed by atoms with Gasteiger partial charge in [-0.2, -0.15) is 5.10 Å². The Kier molecular flexibility index (Phi) is 5.89. The summed E-state index contributed by atoms with van der Waals surface area (Å²) in [4.78, 5) is 4.68. The van der Waals surface area contributed by atoms with Crippen LogP contribution < -0.4 is 0 Å². The summed E-state index contributed by atoms with van der Waals surface area (Å²) >= 11 is 0. The van der Waals surface area contributed by atoms with E-state index in [1.54, 1.807) is 0 Å². The smallest absolute Gasteiger partial charge is 0.105 e. The third kappa shape index (κ3) is 3.81. The van der Waals surface area contributed by atoms with E-state index in [0.29, 0.717) is 6.61 Å². The van der Waals surface area contributed by atoms with E-state index < -0.39 is 12.2 Å². The van der Waals surface area contributed by atoms with E-state index in [-0.39, 0.29) is 12.6 Å². The predicted octanol–water partition coefficient (Wildman–Crippen LogP) is -0.160. The van der Waals surface area contributed by atoms with Crippen molar-refractivity contribution in [2.24, 2.45) is 0 Å². The molecule has 0 spiro atoms. The molecule has 7 heteroatoms. The van der Waals surface area contributed by atoms with Crippen molar-refractivity contribution in [2.75, 3.05) is 39.4 Å². The lowest BCUT2D eigenvalue weighted by atomic mass is 10.0. The highest BCUT2D eigenvalue weighted by atomic mass is 16.5. The lowest BCUT2D eigenvalue weighted by Crippen LogP contribution is -2.60. The van der Waals surface area contributed by atoms with Crippen LogP contribution in [0.25, 0.3) is 0 Å². The van der Waals surface area contributed by atoms with Gasteiger partial charge in [-0.3, -0.25) is 14.5 Å². The molecule has 3 rings (SSSR count). The van der Waals surface area contributed by atoms with E-state index in [2.05, 4.69) is 33.4 Å². The van der Waals surface area contributed by atoms with Crippen molar-refractivity contribution in [3.8, 4) is 0 Å². The standard InChI is InChI=1S/C17H30N4O3/c1-3-4-21-13(2)14(9-18-21)10-19-5-7-20(8-6-19)15-11-24-12-16(22)17(15)23/h9,15-17,22-23H,3-8,10-12H2,1-2H3/t15-,16-,17+/m1/s1. The van der Waals surface area contributed by atoms with Crippen molar-refractivity contribution < 1.29 is 14.9 Å². The van der Waals surface area contributed by atoms with E-state index in [1.165, 1.54) is 11.3 Å². The molecule has 0 aromatic carbocycles. The van der Waals surface area contributed by atoms with Crippen LogP contribution in [-0.4, -0.2) is 87.4 Å². The minimum atomic E-state index is -0.770. The van der Waals surface area contributed by atoms with Crippen LogP contribution in [0, 0.1) is 6.92 Å². The normalized spacial score (nSPS) is 29.9. The van der Waals surface area contributed by atoms with Crippen molar-refractivity contribution in [1.82, 2.24) is 19.6 Å². The number of hydrogen-bond acceptors (Lipinski definition) is 6. The number of piperazine rings is 1. The fourth-order valence-electron chi connectivity index (χ4n) is 3.66. The van der Waals surface area contributed by atoms with Crippen LogP contribution in [0.2, 0.25) is 0 Å². The van der Waals surface area contributed by atoms with Gasteiger partial charge in [0.25, 0.3) is 0 Å². The predicted molar refractivity (Wildman–Crippen MR) is 90.7 cm³/mol. The Morgan fingerprint density at radius 1 is 1.21 bits per heavy atom. The molecule has 1 aromatic rings. The van der Waals surface area contributed by atoms with E-state index in [1.807, 2.05) is 6.20 Å². The molecule has 136 valence electrons. The Labute approximate surface area is 143 Å². The van der Waals surface area contributed by atoms with Gasteiger partial charge in [-0.25, -0.2) is 0 Å². The molecule has 0 saturated carbocycles. The summed E-state index contributed by atoms with van der Waals surface area (Å²) in [5, 5.41) is 24.4. The molecule has 2 N–H and O–H groups in total. The molecule has 24 heavy (non-hydrogen) atoms. The van der Waals surface area contributed by atoms with Crippen molar-refractivity contribution in [1.29, 1.82) is 0 Å². The fraction of sp³-hybridized carbons (Fsp3) is 0.824. The molecular formula is C17H30N4O3. The minimum absolute atomic E-state index is 0.0926. The Morgan fingerprint density at radius 2 is 1.96 bits per heavy atom. The number of rotatable bonds is 5. The topological polar surface area (TPSA) is 74.0 Å². The first-order valence-corrected chi connectivity index (χ1v) is 9.01. The van der Waals surface area contributed by atoms with E-state index in [4.69, 9.17) is 4.74 Å². The first-order valence-electron chi connectivity index (χ1n) is 9.01. The van der Waals surface area contributed by atoms with Crippen LogP contribution in [0.4, 0.5) is 0 Å². The number of nitrogens with zero attached hydrogens (tertiary/aromatic N) is 4. The largest absolute Gasteiger partial charge is 0.389 e. The van der Waals surface area contributed by atoms with Crippen LogP contribution in [0.1, 0.15) is 24.6 Å². The van der Waals surface area contributed by atoms with Gasteiger partial charge in [0.15, 0.2) is 0 Å². The van der Waals surface area contributed by atoms with Crippen LogP contribution in [0.15, 0.2) is 6.20 Å². The minimum Gasteiger partial charge on any atom is -0.389 e. The van der Waals surface area contributed by atoms with Gasteiger partial charge in [-0.1, -0.05) is 6.92 Å². The molecule has 3 atom stereocenters. The zero-order chi connectivity index (χ0) is 17.1. The maximum absolute atomic E-state index is 10.2. The molecule has 3 heterocycles. The Balaban J connectivity index is 1.52. The summed E-state index contributed by atoms with van der Waals surface area (Å²) in [6.07, 6.45) is 1.61. The molecule has 1 aromatic heterocycles. The summed E-state index contributed by atoms with van der Waals surface area (Å²) in [5.41, 5.74) is 2.56. The molecule has 0 aliphatic carbocycles. The SMILES string of the molecule is CCCn1ncc(CN2CCN([C@@H]3COC[C@@H](O)[C@H]3O)CC2)c1C. The van der Waals surface area contributed by atoms with Gasteiger partial charge in [0, 0.05) is 50.5 Å². The van der Waals surface area contributed by atoms with Crippen LogP contribution in [-0.2, 0) is 17.8 Å². The maximum Gasteiger partial charge on any atom is 0.105 e. The van der Waals surface area contributed by atoms with E-state index in [0.717, 1.165) is 45.7 Å². The molecule has 2 fully saturated rings. The second kappa shape index (κ2) is 7.93.